The van der Waals surface area contributed by atoms with Gasteiger partial charge >= 0.3 is 0 Å². The third-order valence-electron chi connectivity index (χ3n) is 18.3. The van der Waals surface area contributed by atoms with Crippen LogP contribution in [-0.2, 0) is 10.1 Å². The molecule has 9 rings (SSSR count). The van der Waals surface area contributed by atoms with E-state index < -0.39 is 10.1 Å². The maximum atomic E-state index is 11.2. The molecule has 5 N–H and O–H groups in total. The van der Waals surface area contributed by atoms with Gasteiger partial charge in [-0.2, -0.15) is 8.42 Å². The molecule has 13 atom stereocenters. The third kappa shape index (κ3) is 9.51. The molecule has 0 radical (unpaired) electrons. The molecule has 10 heteroatoms. The molecule has 0 aromatic carbocycles. The molecule has 2 saturated heterocycles. The van der Waals surface area contributed by atoms with Crippen molar-refractivity contribution in [3.8, 4) is 0 Å². The Morgan fingerprint density at radius 3 is 1.61 bits per heavy atom. The first-order valence-electron chi connectivity index (χ1n) is 25.0. The van der Waals surface area contributed by atoms with Crippen LogP contribution in [0.3, 0.4) is 0 Å². The monoisotopic (exact) mass is 811 g/mol. The minimum absolute atomic E-state index is 0.139. The molecular weight excluding hydrogens is 729 g/mol. The molecule has 0 aromatic heterocycles. The lowest BCUT2D eigenvalue weighted by Gasteiger charge is -2.55. The molecule has 0 spiro atoms. The molecular formula is C47H82N6O3S. The highest BCUT2D eigenvalue weighted by Crippen LogP contribution is 2.46. The minimum atomic E-state index is -3.88. The fourth-order valence-electron chi connectivity index (χ4n) is 15.3. The van der Waals surface area contributed by atoms with Gasteiger partial charge in [-0.1, -0.05) is 45.4 Å². The Bertz CT molecular complexity index is 1460. The zero-order valence-electron chi connectivity index (χ0n) is 36.0. The summed E-state index contributed by atoms with van der Waals surface area (Å²) in [5.74, 6) is 6.76. The van der Waals surface area contributed by atoms with Gasteiger partial charge in [0.15, 0.2) is 0 Å². The van der Waals surface area contributed by atoms with E-state index >= 15 is 0 Å². The van der Waals surface area contributed by atoms with Crippen molar-refractivity contribution in [3.05, 3.63) is 0 Å². The van der Waals surface area contributed by atoms with Crippen LogP contribution in [-0.4, -0.2) is 96.4 Å². The zero-order chi connectivity index (χ0) is 39.1. The van der Waals surface area contributed by atoms with E-state index in [9.17, 15) is 13.0 Å². The van der Waals surface area contributed by atoms with Crippen LogP contribution in [0.1, 0.15) is 174 Å². The lowest BCUT2D eigenvalue weighted by Crippen LogP contribution is -2.72. The number of hydrogen-bond acceptors (Lipinski definition) is 8. The summed E-state index contributed by atoms with van der Waals surface area (Å²) in [7, 11) is -3.88. The van der Waals surface area contributed by atoms with Crippen molar-refractivity contribution in [3.63, 3.8) is 0 Å². The molecule has 6 aliphatic carbocycles. The van der Waals surface area contributed by atoms with Gasteiger partial charge in [-0.3, -0.25) is 9.55 Å². The normalized spacial score (nSPS) is 45.1. The molecule has 324 valence electrons. The van der Waals surface area contributed by atoms with Crippen LogP contribution < -0.4 is 21.3 Å². The predicted molar refractivity (Wildman–Crippen MR) is 232 cm³/mol. The summed E-state index contributed by atoms with van der Waals surface area (Å²) in [4.78, 5) is 7.66. The quantitative estimate of drug-likeness (QED) is 0.112. The topological polar surface area (TPSA) is 118 Å². The molecule has 9 nitrogen and oxygen atoms in total. The maximum Gasteiger partial charge on any atom is 0.264 e. The smallest absolute Gasteiger partial charge is 0.264 e. The molecule has 0 amide bonds. The fraction of sp³-hybridized carbons (Fsp3) is 0.979. The lowest BCUT2D eigenvalue weighted by molar-refractivity contribution is 0.0307. The van der Waals surface area contributed by atoms with Gasteiger partial charge in [0.1, 0.15) is 0 Å². The Morgan fingerprint density at radius 2 is 1.04 bits per heavy atom. The average molecular weight is 811 g/mol. The van der Waals surface area contributed by atoms with Gasteiger partial charge in [0.25, 0.3) is 10.1 Å². The summed E-state index contributed by atoms with van der Waals surface area (Å²) < 4.78 is 31.7. The molecule has 3 heterocycles. The number of nitrogens with one attached hydrogen (secondary N) is 4. The Labute approximate surface area is 347 Å². The van der Waals surface area contributed by atoms with Gasteiger partial charge in [-0.05, 0) is 170 Å². The minimum Gasteiger partial charge on any atom is -0.355 e. The van der Waals surface area contributed by atoms with Crippen LogP contribution in [0.2, 0.25) is 0 Å². The maximum absolute atomic E-state index is 11.2. The van der Waals surface area contributed by atoms with E-state index in [4.69, 9.17) is 4.99 Å². The van der Waals surface area contributed by atoms with E-state index in [1.165, 1.54) is 148 Å². The van der Waals surface area contributed by atoms with Crippen LogP contribution >= 0.6 is 0 Å². The number of amidine groups is 1. The average Bonchev–Trinajstić information content (AvgIpc) is 3.55. The van der Waals surface area contributed by atoms with Crippen LogP contribution in [0, 0.1) is 41.4 Å². The highest BCUT2D eigenvalue weighted by Gasteiger charge is 2.50. The van der Waals surface area contributed by atoms with Gasteiger partial charge < -0.3 is 26.2 Å². The zero-order valence-corrected chi connectivity index (χ0v) is 36.8. The number of hydrogen-bond donors (Lipinski definition) is 5. The van der Waals surface area contributed by atoms with Crippen LogP contribution in [0.4, 0.5) is 0 Å². The molecule has 8 fully saturated rings. The number of piperazine rings is 2. The molecule has 57 heavy (non-hydrogen) atoms. The lowest BCUT2D eigenvalue weighted by atomic mass is 9.65. The fourth-order valence-corrected chi connectivity index (χ4v) is 15.9. The first kappa shape index (κ1) is 41.6. The van der Waals surface area contributed by atoms with E-state index in [0.717, 1.165) is 60.2 Å². The predicted octanol–water partition coefficient (Wildman–Crippen LogP) is 7.85. The number of fused-ring (bicyclic) bond motifs is 3. The van der Waals surface area contributed by atoms with E-state index in [2.05, 4.69) is 40.0 Å². The first-order chi connectivity index (χ1) is 27.7. The van der Waals surface area contributed by atoms with Crippen molar-refractivity contribution in [2.45, 2.75) is 235 Å². The van der Waals surface area contributed by atoms with Crippen molar-refractivity contribution < 1.29 is 13.0 Å². The number of rotatable bonds is 10. The van der Waals surface area contributed by atoms with Gasteiger partial charge in [0.05, 0.1) is 23.7 Å². The second kappa shape index (κ2) is 18.3. The summed E-state index contributed by atoms with van der Waals surface area (Å²) in [5.41, 5.74) is 0. The van der Waals surface area contributed by atoms with E-state index in [-0.39, 0.29) is 5.75 Å². The van der Waals surface area contributed by atoms with Crippen molar-refractivity contribution >= 4 is 16.0 Å². The summed E-state index contributed by atoms with van der Waals surface area (Å²) >= 11 is 0. The Balaban J connectivity index is 0.816. The summed E-state index contributed by atoms with van der Waals surface area (Å²) in [6.07, 6.45) is 33.1. The number of aliphatic imine (C=N–C) groups is 1. The van der Waals surface area contributed by atoms with Crippen molar-refractivity contribution in [2.24, 2.45) is 46.4 Å². The summed E-state index contributed by atoms with van der Waals surface area (Å²) in [6, 6.07) is 6.09. The molecule has 13 unspecified atom stereocenters. The van der Waals surface area contributed by atoms with Gasteiger partial charge in [0.2, 0.25) is 0 Å². The first-order valence-corrected chi connectivity index (χ1v) is 26.6. The Kier molecular flexibility index (Phi) is 13.3. The van der Waals surface area contributed by atoms with Gasteiger partial charge in [-0.25, -0.2) is 0 Å². The highest BCUT2D eigenvalue weighted by atomic mass is 32.2. The molecule has 0 bridgehead atoms. The van der Waals surface area contributed by atoms with Crippen molar-refractivity contribution in [1.82, 2.24) is 26.2 Å². The van der Waals surface area contributed by atoms with Gasteiger partial charge in [0, 0.05) is 54.9 Å². The summed E-state index contributed by atoms with van der Waals surface area (Å²) in [6.45, 7) is 5.48. The van der Waals surface area contributed by atoms with Crippen molar-refractivity contribution in [2.75, 3.05) is 12.3 Å². The molecule has 9 aliphatic rings. The SMILES string of the molecule is CC1=NC2CC(C3CCC4NC(C5CCC(C6NC7CCC(C)CC7NC6C6CCCCC6)CC5)C(C5CCCCC5)NC4C3)CCC2N1CCCCS(=O)(=O)O. The molecule has 0 aromatic rings. The van der Waals surface area contributed by atoms with E-state index in [0.29, 0.717) is 66.8 Å². The third-order valence-corrected chi connectivity index (χ3v) is 19.1. The van der Waals surface area contributed by atoms with Gasteiger partial charge in [-0.15, -0.1) is 0 Å². The van der Waals surface area contributed by atoms with Crippen LogP contribution in [0.25, 0.3) is 0 Å². The van der Waals surface area contributed by atoms with Crippen LogP contribution in [0.5, 0.6) is 0 Å². The molecule has 6 saturated carbocycles. The Morgan fingerprint density at radius 1 is 0.561 bits per heavy atom. The number of unbranched alkanes of at least 4 members (excludes halogenated alkanes) is 1. The standard InChI is InChI=1S/C47H82N6O3S/c1-30-15-22-38-40(27-30)51-44(32-11-5-3-6-12-32)46(49-38)34-16-18-35(19-17-34)47-45(33-13-7-4-8-14-33)52-41-28-36(20-23-39(41)50-47)37-21-24-43-42(29-37)48-31(2)53(43)25-9-10-26-57(54,55)56/h30,32-47,49-52H,3-29H2,1-2H3,(H,54,55,56). The largest absolute Gasteiger partial charge is 0.355 e. The van der Waals surface area contributed by atoms with Crippen molar-refractivity contribution in [1.29, 1.82) is 0 Å². The van der Waals surface area contributed by atoms with E-state index in [1.54, 1.807) is 0 Å². The van der Waals surface area contributed by atoms with E-state index in [1.807, 2.05) is 0 Å². The highest BCUT2D eigenvalue weighted by molar-refractivity contribution is 7.85. The summed E-state index contributed by atoms with van der Waals surface area (Å²) in [5, 5.41) is 17.8. The second-order valence-corrected chi connectivity index (χ2v) is 23.3. The van der Waals surface area contributed by atoms with Crippen LogP contribution in [0.15, 0.2) is 4.99 Å². The Hall–Kier alpha value is -0.780. The second-order valence-electron chi connectivity index (χ2n) is 21.7. The molecule has 3 aliphatic heterocycles. The number of nitrogens with zero attached hydrogens (tertiary/aromatic N) is 2.